The van der Waals surface area contributed by atoms with Crippen molar-refractivity contribution in [3.05, 3.63) is 10.8 Å². The number of hydrogen-bond acceptors (Lipinski definition) is 3. The van der Waals surface area contributed by atoms with E-state index in [2.05, 4.69) is 37.5 Å². The Balaban J connectivity index is 2.43. The van der Waals surface area contributed by atoms with Gasteiger partial charge >= 0.3 is 0 Å². The van der Waals surface area contributed by atoms with Gasteiger partial charge in [-0.1, -0.05) is 0 Å². The molecule has 0 N–H and O–H groups in total. The summed E-state index contributed by atoms with van der Waals surface area (Å²) in [6.07, 6.45) is 1.84. The van der Waals surface area contributed by atoms with Crippen LogP contribution >= 0.6 is 15.9 Å². The number of imidazole rings is 1. The van der Waals surface area contributed by atoms with E-state index in [0.717, 1.165) is 23.6 Å². The zero-order valence-corrected chi connectivity index (χ0v) is 8.74. The van der Waals surface area contributed by atoms with Gasteiger partial charge in [0.2, 0.25) is 5.95 Å². The van der Waals surface area contributed by atoms with Crippen molar-refractivity contribution >= 4 is 21.9 Å². The molecule has 1 aromatic rings. The molecular weight excluding hydrogens is 220 g/mol. The third-order valence-electron chi connectivity index (χ3n) is 2.23. The van der Waals surface area contributed by atoms with E-state index in [1.54, 1.807) is 0 Å². The van der Waals surface area contributed by atoms with Crippen molar-refractivity contribution in [2.45, 2.75) is 6.54 Å². The number of hydrazine groups is 1. The van der Waals surface area contributed by atoms with E-state index in [-0.39, 0.29) is 0 Å². The number of anilines is 1. The molecule has 5 heteroatoms. The molecule has 0 saturated heterocycles. The second kappa shape index (κ2) is 2.74. The summed E-state index contributed by atoms with van der Waals surface area (Å²) in [6.45, 7) is 2.02. The van der Waals surface area contributed by atoms with Crippen LogP contribution in [0.25, 0.3) is 0 Å². The fourth-order valence-electron chi connectivity index (χ4n) is 1.36. The van der Waals surface area contributed by atoms with Crippen LogP contribution in [0.2, 0.25) is 0 Å². The van der Waals surface area contributed by atoms with Gasteiger partial charge in [-0.15, -0.1) is 0 Å². The zero-order chi connectivity index (χ0) is 8.72. The fraction of sp³-hybridized carbons (Fsp3) is 0.571. The van der Waals surface area contributed by atoms with Crippen LogP contribution in [0.3, 0.4) is 0 Å². The van der Waals surface area contributed by atoms with Crippen molar-refractivity contribution in [1.29, 1.82) is 0 Å². The van der Waals surface area contributed by atoms with Crippen LogP contribution in [0, 0.1) is 0 Å². The Kier molecular flexibility index (Phi) is 1.84. The van der Waals surface area contributed by atoms with E-state index in [0.29, 0.717) is 0 Å². The van der Waals surface area contributed by atoms with Crippen LogP contribution in [0.15, 0.2) is 10.8 Å². The minimum Gasteiger partial charge on any atom is -0.302 e. The highest BCUT2D eigenvalue weighted by Gasteiger charge is 2.20. The molecule has 4 nitrogen and oxygen atoms in total. The maximum Gasteiger partial charge on any atom is 0.221 e. The molecule has 0 fully saturated rings. The first-order valence-electron chi connectivity index (χ1n) is 3.86. The molecule has 1 aromatic heterocycles. The summed E-state index contributed by atoms with van der Waals surface area (Å²) in [6, 6.07) is 0. The van der Waals surface area contributed by atoms with Crippen LogP contribution in [-0.2, 0) is 6.54 Å². The number of hydrogen-bond donors (Lipinski definition) is 0. The van der Waals surface area contributed by atoms with Crippen molar-refractivity contribution in [1.82, 2.24) is 14.6 Å². The van der Waals surface area contributed by atoms with Crippen LogP contribution in [0.4, 0.5) is 5.95 Å². The lowest BCUT2D eigenvalue weighted by Gasteiger charge is -2.34. The fourth-order valence-corrected chi connectivity index (χ4v) is 1.80. The average molecular weight is 231 g/mol. The first-order chi connectivity index (χ1) is 5.70. The predicted molar refractivity (Wildman–Crippen MR) is 51.0 cm³/mol. The summed E-state index contributed by atoms with van der Waals surface area (Å²) in [5.74, 6) is 0.996. The summed E-state index contributed by atoms with van der Waals surface area (Å²) in [7, 11) is 4.08. The van der Waals surface area contributed by atoms with Gasteiger partial charge < -0.3 is 4.57 Å². The van der Waals surface area contributed by atoms with E-state index in [9.17, 15) is 0 Å². The van der Waals surface area contributed by atoms with Gasteiger partial charge in [-0.2, -0.15) is 0 Å². The Morgan fingerprint density at radius 1 is 1.42 bits per heavy atom. The Labute approximate surface area is 79.9 Å². The average Bonchev–Trinajstić information content (AvgIpc) is 2.41. The van der Waals surface area contributed by atoms with Gasteiger partial charge in [0, 0.05) is 27.2 Å². The summed E-state index contributed by atoms with van der Waals surface area (Å²) >= 11 is 3.45. The molecule has 0 atom stereocenters. The first-order valence-corrected chi connectivity index (χ1v) is 4.65. The van der Waals surface area contributed by atoms with E-state index < -0.39 is 0 Å². The van der Waals surface area contributed by atoms with Crippen LogP contribution in [0.5, 0.6) is 0 Å². The molecule has 0 radical (unpaired) electrons. The lowest BCUT2D eigenvalue weighted by Crippen LogP contribution is -2.44. The van der Waals surface area contributed by atoms with Crippen LogP contribution in [-0.4, -0.2) is 35.2 Å². The molecule has 0 spiro atoms. The number of aromatic nitrogens is 2. The van der Waals surface area contributed by atoms with Crippen molar-refractivity contribution in [2.24, 2.45) is 0 Å². The Bertz CT molecular complexity index is 296. The van der Waals surface area contributed by atoms with E-state index >= 15 is 0 Å². The topological polar surface area (TPSA) is 24.3 Å². The third-order valence-corrected chi connectivity index (χ3v) is 2.87. The number of nitrogens with zero attached hydrogens (tertiary/aromatic N) is 4. The highest BCUT2D eigenvalue weighted by atomic mass is 79.9. The smallest absolute Gasteiger partial charge is 0.221 e. The van der Waals surface area contributed by atoms with Gasteiger partial charge in [0.15, 0.2) is 0 Å². The Morgan fingerprint density at radius 2 is 2.17 bits per heavy atom. The van der Waals surface area contributed by atoms with Gasteiger partial charge in [0.1, 0.15) is 4.60 Å². The summed E-state index contributed by atoms with van der Waals surface area (Å²) in [5, 5.41) is 4.20. The maximum atomic E-state index is 4.29. The molecule has 0 unspecified atom stereocenters. The Morgan fingerprint density at radius 3 is 2.92 bits per heavy atom. The second-order valence-corrected chi connectivity index (χ2v) is 3.75. The van der Waals surface area contributed by atoms with E-state index in [4.69, 9.17) is 0 Å². The number of likely N-dealkylation sites (N-methyl/N-ethyl adjacent to an activating group) is 1. The summed E-state index contributed by atoms with van der Waals surface area (Å²) in [4.78, 5) is 4.29. The van der Waals surface area contributed by atoms with Crippen molar-refractivity contribution in [2.75, 3.05) is 25.6 Å². The molecule has 2 heterocycles. The lowest BCUT2D eigenvalue weighted by atomic mass is 10.5. The first kappa shape index (κ1) is 8.07. The lowest BCUT2D eigenvalue weighted by molar-refractivity contribution is 0.272. The van der Waals surface area contributed by atoms with Crippen molar-refractivity contribution in [3.8, 4) is 0 Å². The van der Waals surface area contributed by atoms with Gasteiger partial charge in [-0.25, -0.2) is 9.99 Å². The normalized spacial score (nSPS) is 18.1. The minimum atomic E-state index is 0.996. The summed E-state index contributed by atoms with van der Waals surface area (Å²) in [5.41, 5.74) is 0. The van der Waals surface area contributed by atoms with Gasteiger partial charge in [0.05, 0.1) is 6.20 Å². The van der Waals surface area contributed by atoms with Crippen LogP contribution < -0.4 is 5.01 Å². The monoisotopic (exact) mass is 230 g/mol. The maximum absolute atomic E-state index is 4.29. The number of halogens is 1. The number of rotatable bonds is 0. The molecule has 12 heavy (non-hydrogen) atoms. The minimum absolute atomic E-state index is 0.996. The molecule has 0 aromatic carbocycles. The molecule has 2 rings (SSSR count). The largest absolute Gasteiger partial charge is 0.302 e. The second-order valence-electron chi connectivity index (χ2n) is 2.94. The molecule has 0 amide bonds. The summed E-state index contributed by atoms with van der Waals surface area (Å²) < 4.78 is 3.21. The van der Waals surface area contributed by atoms with E-state index in [1.165, 1.54) is 0 Å². The van der Waals surface area contributed by atoms with Gasteiger partial charge in [0.25, 0.3) is 0 Å². The molecule has 1 aliphatic heterocycles. The molecule has 0 bridgehead atoms. The third kappa shape index (κ3) is 1.04. The van der Waals surface area contributed by atoms with Crippen LogP contribution in [0.1, 0.15) is 0 Å². The van der Waals surface area contributed by atoms with E-state index in [1.807, 2.05) is 18.3 Å². The van der Waals surface area contributed by atoms with Crippen molar-refractivity contribution in [3.63, 3.8) is 0 Å². The predicted octanol–water partition coefficient (Wildman–Crippen LogP) is 0.942. The highest BCUT2D eigenvalue weighted by molar-refractivity contribution is 9.10. The molecule has 1 aliphatic rings. The molecule has 0 saturated carbocycles. The standard InChI is InChI=1S/C7H11BrN4/c1-10-3-4-12-6(8)5-9-7(12)11(10)2/h5H,3-4H2,1-2H3. The zero-order valence-electron chi connectivity index (χ0n) is 7.16. The van der Waals surface area contributed by atoms with Gasteiger partial charge in [-0.05, 0) is 15.9 Å². The molecule has 66 valence electrons. The Hall–Kier alpha value is -0.550. The van der Waals surface area contributed by atoms with Gasteiger partial charge in [-0.3, -0.25) is 5.01 Å². The number of fused-ring (bicyclic) bond motifs is 1. The SMILES string of the molecule is CN1CCn2c(Br)cnc2N1C. The highest BCUT2D eigenvalue weighted by Crippen LogP contribution is 2.22. The molecule has 0 aliphatic carbocycles. The van der Waals surface area contributed by atoms with Crippen molar-refractivity contribution < 1.29 is 0 Å². The quantitative estimate of drug-likeness (QED) is 0.664. The molecular formula is C7H11BrN4.